The molecule has 0 unspecified atom stereocenters. The Bertz CT molecular complexity index is 982. The molecule has 3 aromatic rings. The van der Waals surface area contributed by atoms with Crippen molar-refractivity contribution in [2.75, 3.05) is 5.32 Å². The standard InChI is InChI=1S/C19H16ClN3O2S/c1-11-10-16(18(24)25-11)26-19-22-14-8-4-2-6-12(14)17(23-19)21-15-9-5-3-7-13(15)20/h2-9,11,16H,10H2,1H3,(H,21,22,23)/t11-,16+/m1/s1. The van der Waals surface area contributed by atoms with Gasteiger partial charge in [-0.3, -0.25) is 4.79 Å². The van der Waals surface area contributed by atoms with Gasteiger partial charge in [0.2, 0.25) is 0 Å². The molecular formula is C19H16ClN3O2S. The molecule has 2 aromatic carbocycles. The lowest BCUT2D eigenvalue weighted by Crippen LogP contribution is -2.10. The van der Waals surface area contributed by atoms with Crippen molar-refractivity contribution in [1.82, 2.24) is 9.97 Å². The predicted octanol–water partition coefficient (Wildman–Crippen LogP) is 4.82. The predicted molar refractivity (Wildman–Crippen MR) is 104 cm³/mol. The minimum atomic E-state index is -0.278. The first-order valence-electron chi connectivity index (χ1n) is 8.25. The molecule has 0 bridgehead atoms. The van der Waals surface area contributed by atoms with E-state index in [0.717, 1.165) is 16.6 Å². The molecule has 2 heterocycles. The molecular weight excluding hydrogens is 370 g/mol. The first kappa shape index (κ1) is 17.1. The van der Waals surface area contributed by atoms with Crippen LogP contribution in [0.25, 0.3) is 10.9 Å². The van der Waals surface area contributed by atoms with Crippen molar-refractivity contribution in [2.24, 2.45) is 0 Å². The van der Waals surface area contributed by atoms with Gasteiger partial charge in [0.15, 0.2) is 5.16 Å². The zero-order valence-electron chi connectivity index (χ0n) is 14.0. The molecule has 0 amide bonds. The Hall–Kier alpha value is -2.31. The average molecular weight is 386 g/mol. The third-order valence-corrected chi connectivity index (χ3v) is 5.48. The van der Waals surface area contributed by atoms with Gasteiger partial charge in [-0.2, -0.15) is 0 Å². The van der Waals surface area contributed by atoms with E-state index in [9.17, 15) is 4.79 Å². The number of cyclic esters (lactones) is 1. The lowest BCUT2D eigenvalue weighted by molar-refractivity contribution is -0.140. The van der Waals surface area contributed by atoms with E-state index in [1.807, 2.05) is 55.5 Å². The van der Waals surface area contributed by atoms with Crippen LogP contribution in [0.5, 0.6) is 0 Å². The molecule has 0 radical (unpaired) electrons. The molecule has 26 heavy (non-hydrogen) atoms. The zero-order chi connectivity index (χ0) is 18.1. The summed E-state index contributed by atoms with van der Waals surface area (Å²) in [7, 11) is 0. The van der Waals surface area contributed by atoms with E-state index in [4.69, 9.17) is 16.3 Å². The van der Waals surface area contributed by atoms with Crippen LogP contribution in [0.4, 0.5) is 11.5 Å². The van der Waals surface area contributed by atoms with Gasteiger partial charge in [0, 0.05) is 11.8 Å². The smallest absolute Gasteiger partial charge is 0.319 e. The van der Waals surface area contributed by atoms with Gasteiger partial charge >= 0.3 is 5.97 Å². The lowest BCUT2D eigenvalue weighted by Gasteiger charge is -2.12. The summed E-state index contributed by atoms with van der Waals surface area (Å²) in [5.74, 6) is 0.450. The summed E-state index contributed by atoms with van der Waals surface area (Å²) >= 11 is 7.60. The van der Waals surface area contributed by atoms with E-state index in [1.165, 1.54) is 11.8 Å². The van der Waals surface area contributed by atoms with Crippen LogP contribution in [0.3, 0.4) is 0 Å². The van der Waals surface area contributed by atoms with Crippen LogP contribution in [-0.4, -0.2) is 27.3 Å². The summed E-state index contributed by atoms with van der Waals surface area (Å²) in [5, 5.41) is 5.04. The third-order valence-electron chi connectivity index (χ3n) is 4.08. The molecule has 2 atom stereocenters. The molecule has 7 heteroatoms. The molecule has 1 aromatic heterocycles. The van der Waals surface area contributed by atoms with Crippen molar-refractivity contribution in [1.29, 1.82) is 0 Å². The Morgan fingerprint density at radius 1 is 1.15 bits per heavy atom. The van der Waals surface area contributed by atoms with Crippen molar-refractivity contribution < 1.29 is 9.53 Å². The number of carbonyl (C=O) groups excluding carboxylic acids is 1. The Kier molecular flexibility index (Phi) is 4.70. The summed E-state index contributed by atoms with van der Waals surface area (Å²) in [4.78, 5) is 21.2. The second kappa shape index (κ2) is 7.13. The molecule has 1 aliphatic heterocycles. The molecule has 4 rings (SSSR count). The summed E-state index contributed by atoms with van der Waals surface area (Å²) < 4.78 is 5.23. The van der Waals surface area contributed by atoms with Crippen LogP contribution in [0.1, 0.15) is 13.3 Å². The van der Waals surface area contributed by atoms with Gasteiger partial charge in [-0.15, -0.1) is 0 Å². The number of carbonyl (C=O) groups is 1. The maximum atomic E-state index is 11.9. The van der Waals surface area contributed by atoms with E-state index in [0.29, 0.717) is 22.4 Å². The van der Waals surface area contributed by atoms with Crippen molar-refractivity contribution in [3.8, 4) is 0 Å². The Balaban J connectivity index is 1.71. The fourth-order valence-electron chi connectivity index (χ4n) is 2.84. The van der Waals surface area contributed by atoms with Crippen LogP contribution >= 0.6 is 23.4 Å². The highest BCUT2D eigenvalue weighted by atomic mass is 35.5. The Labute approximate surface area is 160 Å². The van der Waals surface area contributed by atoms with E-state index in [2.05, 4.69) is 15.3 Å². The second-order valence-electron chi connectivity index (χ2n) is 6.07. The van der Waals surface area contributed by atoms with Gasteiger partial charge in [0.1, 0.15) is 17.2 Å². The van der Waals surface area contributed by atoms with Crippen LogP contribution in [-0.2, 0) is 9.53 Å². The second-order valence-corrected chi connectivity index (χ2v) is 7.64. The number of nitrogens with one attached hydrogen (secondary N) is 1. The number of rotatable bonds is 4. The van der Waals surface area contributed by atoms with Gasteiger partial charge < -0.3 is 10.1 Å². The molecule has 0 spiro atoms. The molecule has 0 aliphatic carbocycles. The van der Waals surface area contributed by atoms with Crippen LogP contribution < -0.4 is 5.32 Å². The van der Waals surface area contributed by atoms with Gasteiger partial charge in [0.25, 0.3) is 0 Å². The number of hydrogen-bond donors (Lipinski definition) is 1. The summed E-state index contributed by atoms with van der Waals surface area (Å²) in [6.45, 7) is 1.89. The minimum absolute atomic E-state index is 0.0684. The highest BCUT2D eigenvalue weighted by Gasteiger charge is 2.33. The zero-order valence-corrected chi connectivity index (χ0v) is 15.6. The first-order valence-corrected chi connectivity index (χ1v) is 9.51. The number of aromatic nitrogens is 2. The number of anilines is 2. The maximum Gasteiger partial charge on any atom is 0.319 e. The molecule has 5 nitrogen and oxygen atoms in total. The number of halogens is 1. The van der Waals surface area contributed by atoms with Crippen molar-refractivity contribution >= 4 is 51.7 Å². The quantitative estimate of drug-likeness (QED) is 0.513. The number of para-hydroxylation sites is 2. The Morgan fingerprint density at radius 3 is 2.69 bits per heavy atom. The summed E-state index contributed by atoms with van der Waals surface area (Å²) in [5.41, 5.74) is 1.57. The Morgan fingerprint density at radius 2 is 1.92 bits per heavy atom. The topological polar surface area (TPSA) is 64.1 Å². The van der Waals surface area contributed by atoms with E-state index in [-0.39, 0.29) is 17.3 Å². The molecule has 0 saturated carbocycles. The number of benzene rings is 2. The van der Waals surface area contributed by atoms with Gasteiger partial charge in [0.05, 0.1) is 16.2 Å². The number of thioether (sulfide) groups is 1. The SMILES string of the molecule is C[C@@H]1C[C@H](Sc2nc(Nc3ccccc3Cl)c3ccccc3n2)C(=O)O1. The lowest BCUT2D eigenvalue weighted by atomic mass is 10.2. The molecule has 1 saturated heterocycles. The van der Waals surface area contributed by atoms with E-state index >= 15 is 0 Å². The fourth-order valence-corrected chi connectivity index (χ4v) is 4.09. The first-order chi connectivity index (χ1) is 12.6. The van der Waals surface area contributed by atoms with Gasteiger partial charge in [-0.25, -0.2) is 9.97 Å². The number of esters is 1. The van der Waals surface area contributed by atoms with Crippen molar-refractivity contribution in [2.45, 2.75) is 29.9 Å². The molecule has 1 aliphatic rings. The van der Waals surface area contributed by atoms with E-state index < -0.39 is 0 Å². The third kappa shape index (κ3) is 3.48. The van der Waals surface area contributed by atoms with Crippen LogP contribution in [0.15, 0.2) is 53.7 Å². The molecule has 1 N–H and O–H groups in total. The average Bonchev–Trinajstić information content (AvgIpc) is 2.94. The highest BCUT2D eigenvalue weighted by Crippen LogP contribution is 2.34. The largest absolute Gasteiger partial charge is 0.462 e. The van der Waals surface area contributed by atoms with E-state index in [1.54, 1.807) is 0 Å². The molecule has 1 fully saturated rings. The normalized spacial score (nSPS) is 19.5. The number of nitrogens with zero attached hydrogens (tertiary/aromatic N) is 2. The van der Waals surface area contributed by atoms with Gasteiger partial charge in [-0.05, 0) is 31.2 Å². The number of fused-ring (bicyclic) bond motifs is 1. The summed E-state index contributed by atoms with van der Waals surface area (Å²) in [6.07, 6.45) is 0.591. The minimum Gasteiger partial charge on any atom is -0.462 e. The number of ether oxygens (including phenoxy) is 1. The molecule has 132 valence electrons. The maximum absolute atomic E-state index is 11.9. The van der Waals surface area contributed by atoms with Crippen molar-refractivity contribution in [3.63, 3.8) is 0 Å². The van der Waals surface area contributed by atoms with Crippen molar-refractivity contribution in [3.05, 3.63) is 53.6 Å². The number of hydrogen-bond acceptors (Lipinski definition) is 6. The van der Waals surface area contributed by atoms with Gasteiger partial charge in [-0.1, -0.05) is 47.6 Å². The van der Waals surface area contributed by atoms with Crippen LogP contribution in [0, 0.1) is 0 Å². The summed E-state index contributed by atoms with van der Waals surface area (Å²) in [6, 6.07) is 15.2. The monoisotopic (exact) mass is 385 g/mol. The fraction of sp³-hybridized carbons (Fsp3) is 0.211. The van der Waals surface area contributed by atoms with Crippen LogP contribution in [0.2, 0.25) is 5.02 Å². The highest BCUT2D eigenvalue weighted by molar-refractivity contribution is 8.00.